The SMILES string of the molecule is Cc1c(NC(=O)OC(C)(C)C)cnc2c1NCCO2. The number of carbonyl (C=O) groups is 1. The Labute approximate surface area is 112 Å². The predicted octanol–water partition coefficient (Wildman–Crippen LogP) is 2.54. The smallest absolute Gasteiger partial charge is 0.412 e. The van der Waals surface area contributed by atoms with Crippen molar-refractivity contribution >= 4 is 17.5 Å². The molecule has 0 unspecified atom stereocenters. The third kappa shape index (κ3) is 3.27. The molecule has 0 saturated carbocycles. The molecular weight excluding hydrogens is 246 g/mol. The van der Waals surface area contributed by atoms with Crippen molar-refractivity contribution in [3.63, 3.8) is 0 Å². The second-order valence-electron chi connectivity index (χ2n) is 5.38. The molecule has 0 saturated heterocycles. The minimum absolute atomic E-state index is 0.492. The fourth-order valence-electron chi connectivity index (χ4n) is 1.76. The van der Waals surface area contributed by atoms with E-state index in [-0.39, 0.29) is 0 Å². The zero-order valence-electron chi connectivity index (χ0n) is 11.7. The number of fused-ring (bicyclic) bond motifs is 1. The lowest BCUT2D eigenvalue weighted by Gasteiger charge is -2.23. The second-order valence-corrected chi connectivity index (χ2v) is 5.38. The van der Waals surface area contributed by atoms with Crippen LogP contribution in [0.3, 0.4) is 0 Å². The number of amides is 1. The molecule has 2 N–H and O–H groups in total. The van der Waals surface area contributed by atoms with Gasteiger partial charge in [-0.1, -0.05) is 0 Å². The van der Waals surface area contributed by atoms with E-state index >= 15 is 0 Å². The van der Waals surface area contributed by atoms with Crippen LogP contribution >= 0.6 is 0 Å². The van der Waals surface area contributed by atoms with Gasteiger partial charge in [0.1, 0.15) is 17.9 Å². The van der Waals surface area contributed by atoms with Crippen molar-refractivity contribution < 1.29 is 14.3 Å². The summed E-state index contributed by atoms with van der Waals surface area (Å²) >= 11 is 0. The summed E-state index contributed by atoms with van der Waals surface area (Å²) in [5.74, 6) is 0.568. The molecule has 19 heavy (non-hydrogen) atoms. The van der Waals surface area contributed by atoms with Crippen molar-refractivity contribution in [2.45, 2.75) is 33.3 Å². The van der Waals surface area contributed by atoms with Gasteiger partial charge >= 0.3 is 6.09 Å². The molecule has 6 nitrogen and oxygen atoms in total. The number of anilines is 2. The molecular formula is C13H19N3O3. The predicted molar refractivity (Wildman–Crippen MR) is 72.8 cm³/mol. The maximum Gasteiger partial charge on any atom is 0.412 e. The Kier molecular flexibility index (Phi) is 3.50. The molecule has 0 bridgehead atoms. The molecule has 104 valence electrons. The van der Waals surface area contributed by atoms with Crippen molar-refractivity contribution in [2.75, 3.05) is 23.8 Å². The minimum atomic E-state index is -0.527. The van der Waals surface area contributed by atoms with Crippen LogP contribution < -0.4 is 15.4 Å². The van der Waals surface area contributed by atoms with Crippen LogP contribution in [0.5, 0.6) is 5.88 Å². The van der Waals surface area contributed by atoms with Gasteiger partial charge in [-0.3, -0.25) is 5.32 Å². The molecule has 2 heterocycles. The van der Waals surface area contributed by atoms with Crippen LogP contribution in [0, 0.1) is 6.92 Å². The lowest BCUT2D eigenvalue weighted by molar-refractivity contribution is 0.0635. The van der Waals surface area contributed by atoms with Gasteiger partial charge in [-0.15, -0.1) is 0 Å². The van der Waals surface area contributed by atoms with Gasteiger partial charge in [-0.2, -0.15) is 0 Å². The van der Waals surface area contributed by atoms with Gasteiger partial charge < -0.3 is 14.8 Å². The summed E-state index contributed by atoms with van der Waals surface area (Å²) in [7, 11) is 0. The highest BCUT2D eigenvalue weighted by atomic mass is 16.6. The molecule has 1 aromatic heterocycles. The van der Waals surface area contributed by atoms with Crippen LogP contribution in [0.1, 0.15) is 26.3 Å². The van der Waals surface area contributed by atoms with Gasteiger partial charge in [0.2, 0.25) is 5.88 Å². The molecule has 0 radical (unpaired) electrons. The Morgan fingerprint density at radius 3 is 2.95 bits per heavy atom. The normalized spacial score (nSPS) is 13.9. The van der Waals surface area contributed by atoms with Crippen LogP contribution in [0.2, 0.25) is 0 Å². The Morgan fingerprint density at radius 2 is 2.26 bits per heavy atom. The molecule has 1 aliphatic rings. The van der Waals surface area contributed by atoms with E-state index in [0.29, 0.717) is 18.2 Å². The first-order valence-corrected chi connectivity index (χ1v) is 6.23. The summed E-state index contributed by atoms with van der Waals surface area (Å²) in [5, 5.41) is 5.91. The minimum Gasteiger partial charge on any atom is -0.474 e. The van der Waals surface area contributed by atoms with Gasteiger partial charge in [-0.25, -0.2) is 9.78 Å². The molecule has 0 fully saturated rings. The first-order chi connectivity index (χ1) is 8.87. The highest BCUT2D eigenvalue weighted by Gasteiger charge is 2.20. The van der Waals surface area contributed by atoms with Gasteiger partial charge in [0.05, 0.1) is 11.9 Å². The largest absolute Gasteiger partial charge is 0.474 e. The quantitative estimate of drug-likeness (QED) is 0.816. The van der Waals surface area contributed by atoms with E-state index in [0.717, 1.165) is 17.8 Å². The van der Waals surface area contributed by atoms with Crippen molar-refractivity contribution in [3.05, 3.63) is 11.8 Å². The lowest BCUT2D eigenvalue weighted by Crippen LogP contribution is -2.28. The van der Waals surface area contributed by atoms with Crippen LogP contribution in [-0.4, -0.2) is 29.8 Å². The van der Waals surface area contributed by atoms with Crippen molar-refractivity contribution in [3.8, 4) is 5.88 Å². The van der Waals surface area contributed by atoms with E-state index in [1.807, 2.05) is 27.7 Å². The van der Waals surface area contributed by atoms with Gasteiger partial charge in [0.25, 0.3) is 0 Å². The summed E-state index contributed by atoms with van der Waals surface area (Å²) in [5.41, 5.74) is 1.79. The molecule has 2 rings (SSSR count). The van der Waals surface area contributed by atoms with Gasteiger partial charge in [0.15, 0.2) is 0 Å². The van der Waals surface area contributed by atoms with E-state index in [9.17, 15) is 4.79 Å². The number of hydrogen-bond acceptors (Lipinski definition) is 5. The monoisotopic (exact) mass is 265 g/mol. The average molecular weight is 265 g/mol. The Bertz CT molecular complexity index is 495. The third-order valence-corrected chi connectivity index (χ3v) is 2.58. The van der Waals surface area contributed by atoms with Crippen LogP contribution in [0.25, 0.3) is 0 Å². The zero-order valence-corrected chi connectivity index (χ0v) is 11.7. The highest BCUT2D eigenvalue weighted by Crippen LogP contribution is 2.32. The first kappa shape index (κ1) is 13.5. The van der Waals surface area contributed by atoms with E-state index in [1.54, 1.807) is 6.20 Å². The third-order valence-electron chi connectivity index (χ3n) is 2.58. The van der Waals surface area contributed by atoms with Gasteiger partial charge in [-0.05, 0) is 27.7 Å². The summed E-state index contributed by atoms with van der Waals surface area (Å²) in [6.45, 7) is 8.68. The number of pyridine rings is 1. The molecule has 0 aliphatic carbocycles. The Hall–Kier alpha value is -1.98. The summed E-state index contributed by atoms with van der Waals surface area (Å²) in [6.07, 6.45) is 1.08. The van der Waals surface area contributed by atoms with E-state index in [1.165, 1.54) is 0 Å². The second kappa shape index (κ2) is 4.95. The van der Waals surface area contributed by atoms with E-state index in [4.69, 9.17) is 9.47 Å². The van der Waals surface area contributed by atoms with Crippen LogP contribution in [-0.2, 0) is 4.74 Å². The average Bonchev–Trinajstić information content (AvgIpc) is 2.31. The number of ether oxygens (including phenoxy) is 2. The maximum absolute atomic E-state index is 11.7. The Morgan fingerprint density at radius 1 is 1.53 bits per heavy atom. The van der Waals surface area contributed by atoms with E-state index < -0.39 is 11.7 Å². The summed E-state index contributed by atoms with van der Waals surface area (Å²) in [4.78, 5) is 15.9. The van der Waals surface area contributed by atoms with Crippen molar-refractivity contribution in [1.82, 2.24) is 4.98 Å². The lowest BCUT2D eigenvalue weighted by atomic mass is 10.2. The maximum atomic E-state index is 11.7. The molecule has 1 aliphatic heterocycles. The number of nitrogens with one attached hydrogen (secondary N) is 2. The fourth-order valence-corrected chi connectivity index (χ4v) is 1.76. The summed E-state index contributed by atoms with van der Waals surface area (Å²) in [6, 6.07) is 0. The first-order valence-electron chi connectivity index (χ1n) is 6.23. The van der Waals surface area contributed by atoms with E-state index in [2.05, 4.69) is 15.6 Å². The number of aromatic nitrogens is 1. The summed E-state index contributed by atoms with van der Waals surface area (Å²) < 4.78 is 10.6. The fraction of sp³-hybridized carbons (Fsp3) is 0.538. The highest BCUT2D eigenvalue weighted by molar-refractivity contribution is 5.87. The topological polar surface area (TPSA) is 72.5 Å². The molecule has 6 heteroatoms. The van der Waals surface area contributed by atoms with Gasteiger partial charge in [0, 0.05) is 12.1 Å². The number of rotatable bonds is 1. The van der Waals surface area contributed by atoms with Crippen molar-refractivity contribution in [1.29, 1.82) is 0 Å². The molecule has 0 atom stereocenters. The molecule has 1 aromatic rings. The number of hydrogen-bond donors (Lipinski definition) is 2. The Balaban J connectivity index is 2.15. The van der Waals surface area contributed by atoms with Crippen LogP contribution in [0.4, 0.5) is 16.2 Å². The molecule has 0 spiro atoms. The van der Waals surface area contributed by atoms with Crippen LogP contribution in [0.15, 0.2) is 6.20 Å². The molecule has 1 amide bonds. The standard InChI is InChI=1S/C13H19N3O3/c1-8-9(16-12(17)19-13(2,3)4)7-15-11-10(8)14-5-6-18-11/h7,14H,5-6H2,1-4H3,(H,16,17). The van der Waals surface area contributed by atoms with Crippen molar-refractivity contribution in [2.24, 2.45) is 0 Å². The zero-order chi connectivity index (χ0) is 14.0. The molecule has 0 aromatic carbocycles. The number of carbonyl (C=O) groups excluding carboxylic acids is 1. The number of nitrogens with zero attached hydrogens (tertiary/aromatic N) is 1.